The van der Waals surface area contributed by atoms with Crippen LogP contribution in [0, 0.1) is 0 Å². The molecule has 1 aliphatic rings. The van der Waals surface area contributed by atoms with Gasteiger partial charge in [-0.3, -0.25) is 4.21 Å². The summed E-state index contributed by atoms with van der Waals surface area (Å²) in [6.45, 7) is 1.01. The summed E-state index contributed by atoms with van der Waals surface area (Å²) in [6.07, 6.45) is 3.28. The monoisotopic (exact) mass is 311 g/mol. The topological polar surface area (TPSA) is 20.3 Å². The molecule has 0 fully saturated rings. The van der Waals surface area contributed by atoms with Crippen LogP contribution < -0.4 is 0 Å². The highest BCUT2D eigenvalue weighted by Crippen LogP contribution is 2.35. The Bertz CT molecular complexity index is 734. The zero-order valence-corrected chi connectivity index (χ0v) is 13.9. The summed E-state index contributed by atoms with van der Waals surface area (Å²) in [5, 5.41) is 0. The molecule has 0 spiro atoms. The van der Waals surface area contributed by atoms with Crippen molar-refractivity contribution < 1.29 is 4.21 Å². The van der Waals surface area contributed by atoms with Gasteiger partial charge in [-0.05, 0) is 48.8 Å². The van der Waals surface area contributed by atoms with Gasteiger partial charge in [-0.2, -0.15) is 0 Å². The van der Waals surface area contributed by atoms with Crippen molar-refractivity contribution in [2.45, 2.75) is 17.1 Å². The van der Waals surface area contributed by atoms with E-state index in [1.165, 1.54) is 16.7 Å². The average Bonchev–Trinajstić information content (AvgIpc) is 2.63. The Labute approximate surface area is 134 Å². The molecule has 0 aliphatic carbocycles. The molecule has 3 rings (SSSR count). The number of benzene rings is 2. The molecule has 0 saturated carbocycles. The fourth-order valence-corrected chi connectivity index (χ4v) is 4.19. The fraction of sp³-hybridized carbons (Fsp3) is 0.263. The van der Waals surface area contributed by atoms with Crippen LogP contribution in [0.5, 0.6) is 0 Å². The number of hydrogen-bond acceptors (Lipinski definition) is 2. The van der Waals surface area contributed by atoms with E-state index < -0.39 is 10.8 Å². The van der Waals surface area contributed by atoms with Crippen molar-refractivity contribution in [1.29, 1.82) is 0 Å². The predicted octanol–water partition coefficient (Wildman–Crippen LogP) is 3.69. The Morgan fingerprint density at radius 2 is 1.73 bits per heavy atom. The van der Waals surface area contributed by atoms with Crippen LogP contribution >= 0.6 is 0 Å². The zero-order chi connectivity index (χ0) is 15.5. The first-order valence-electron chi connectivity index (χ1n) is 7.58. The maximum Gasteiger partial charge on any atom is 0.0580 e. The lowest BCUT2D eigenvalue weighted by molar-refractivity contribution is 0.417. The lowest BCUT2D eigenvalue weighted by Crippen LogP contribution is -2.12. The maximum atomic E-state index is 12.7. The molecule has 1 heterocycles. The second-order valence-electron chi connectivity index (χ2n) is 5.85. The van der Waals surface area contributed by atoms with Gasteiger partial charge in [-0.1, -0.05) is 48.5 Å². The highest BCUT2D eigenvalue weighted by Gasteiger charge is 2.21. The van der Waals surface area contributed by atoms with Crippen molar-refractivity contribution in [2.24, 2.45) is 0 Å². The molecule has 0 saturated heterocycles. The Morgan fingerprint density at radius 1 is 1.05 bits per heavy atom. The summed E-state index contributed by atoms with van der Waals surface area (Å²) in [6, 6.07) is 16.4. The average molecular weight is 311 g/mol. The quantitative estimate of drug-likeness (QED) is 0.861. The van der Waals surface area contributed by atoms with Crippen LogP contribution in [0.15, 0.2) is 59.5 Å². The second kappa shape index (κ2) is 6.59. The summed E-state index contributed by atoms with van der Waals surface area (Å²) in [4.78, 5) is 3.14. The van der Waals surface area contributed by atoms with E-state index in [4.69, 9.17) is 0 Å². The summed E-state index contributed by atoms with van der Waals surface area (Å²) in [5.41, 5.74) is 4.73. The number of nitrogens with zero attached hydrogens (tertiary/aromatic N) is 1. The van der Waals surface area contributed by atoms with E-state index in [0.717, 1.165) is 23.4 Å². The SMILES string of the molecule is CN(C)CC/C=C1/c2ccccc2C[S@](=O)c2ccccc21. The predicted molar refractivity (Wildman–Crippen MR) is 93.2 cm³/mol. The van der Waals surface area contributed by atoms with Crippen molar-refractivity contribution in [1.82, 2.24) is 4.90 Å². The van der Waals surface area contributed by atoms with Crippen molar-refractivity contribution in [3.63, 3.8) is 0 Å². The van der Waals surface area contributed by atoms with Gasteiger partial charge < -0.3 is 4.90 Å². The molecule has 22 heavy (non-hydrogen) atoms. The van der Waals surface area contributed by atoms with Gasteiger partial charge in [-0.25, -0.2) is 0 Å². The fourth-order valence-electron chi connectivity index (χ4n) is 2.85. The summed E-state index contributed by atoms with van der Waals surface area (Å²) < 4.78 is 12.7. The minimum absolute atomic E-state index is 0.595. The molecular formula is C19H21NOS. The van der Waals surface area contributed by atoms with Crippen molar-refractivity contribution in [3.05, 3.63) is 71.3 Å². The molecule has 2 aromatic rings. The molecule has 2 nitrogen and oxygen atoms in total. The Balaban J connectivity index is 2.14. The molecule has 0 bridgehead atoms. The minimum atomic E-state index is -0.980. The van der Waals surface area contributed by atoms with E-state index in [0.29, 0.717) is 5.75 Å². The molecule has 1 atom stereocenters. The molecule has 0 aromatic heterocycles. The van der Waals surface area contributed by atoms with E-state index in [1.54, 1.807) is 0 Å². The molecule has 0 amide bonds. The minimum Gasteiger partial charge on any atom is -0.309 e. The van der Waals surface area contributed by atoms with E-state index in [-0.39, 0.29) is 0 Å². The van der Waals surface area contributed by atoms with Gasteiger partial charge in [0.25, 0.3) is 0 Å². The standard InChI is InChI=1S/C19H21NOS/c1-20(2)13-7-11-17-16-9-4-3-8-15(16)14-22(21)19-12-6-5-10-18(17)19/h3-6,8-12H,7,13-14H2,1-2H3/b17-11-/t22-/m0/s1. The first-order valence-corrected chi connectivity index (χ1v) is 8.89. The Morgan fingerprint density at radius 3 is 2.50 bits per heavy atom. The Hall–Kier alpha value is -1.71. The van der Waals surface area contributed by atoms with Crippen molar-refractivity contribution in [2.75, 3.05) is 20.6 Å². The van der Waals surface area contributed by atoms with Crippen LogP contribution in [-0.4, -0.2) is 29.7 Å². The van der Waals surface area contributed by atoms with Crippen LogP contribution in [0.4, 0.5) is 0 Å². The van der Waals surface area contributed by atoms with Crippen LogP contribution in [0.1, 0.15) is 23.1 Å². The zero-order valence-electron chi connectivity index (χ0n) is 13.1. The lowest BCUT2D eigenvalue weighted by atomic mass is 9.93. The van der Waals surface area contributed by atoms with E-state index in [9.17, 15) is 4.21 Å². The van der Waals surface area contributed by atoms with Crippen LogP contribution in [0.25, 0.3) is 5.57 Å². The van der Waals surface area contributed by atoms with Gasteiger partial charge in [0.2, 0.25) is 0 Å². The first kappa shape index (κ1) is 15.2. The maximum absolute atomic E-state index is 12.7. The normalized spacial score (nSPS) is 18.9. The third kappa shape index (κ3) is 3.06. The van der Waals surface area contributed by atoms with Gasteiger partial charge in [-0.15, -0.1) is 0 Å². The summed E-state index contributed by atoms with van der Waals surface area (Å²) in [5.74, 6) is 0.595. The Kier molecular flexibility index (Phi) is 4.55. The second-order valence-corrected chi connectivity index (χ2v) is 7.27. The third-order valence-corrected chi connectivity index (χ3v) is 5.36. The van der Waals surface area contributed by atoms with Crippen molar-refractivity contribution >= 4 is 16.4 Å². The largest absolute Gasteiger partial charge is 0.309 e. The molecule has 114 valence electrons. The number of hydrogen-bond donors (Lipinski definition) is 0. The molecule has 3 heteroatoms. The molecule has 0 unspecified atom stereocenters. The van der Waals surface area contributed by atoms with Gasteiger partial charge in [0.1, 0.15) is 0 Å². The molecular weight excluding hydrogens is 290 g/mol. The van der Waals surface area contributed by atoms with E-state index >= 15 is 0 Å². The van der Waals surface area contributed by atoms with Crippen LogP contribution in [0.2, 0.25) is 0 Å². The summed E-state index contributed by atoms with van der Waals surface area (Å²) >= 11 is 0. The first-order chi connectivity index (χ1) is 10.7. The van der Waals surface area contributed by atoms with Gasteiger partial charge in [0, 0.05) is 11.4 Å². The van der Waals surface area contributed by atoms with E-state index in [2.05, 4.69) is 49.3 Å². The molecule has 1 aliphatic heterocycles. The molecule has 0 radical (unpaired) electrons. The molecule has 2 aromatic carbocycles. The highest BCUT2D eigenvalue weighted by molar-refractivity contribution is 7.84. The summed E-state index contributed by atoms with van der Waals surface area (Å²) in [7, 11) is 3.19. The van der Waals surface area contributed by atoms with Gasteiger partial charge in [0.15, 0.2) is 0 Å². The molecule has 0 N–H and O–H groups in total. The van der Waals surface area contributed by atoms with Gasteiger partial charge >= 0.3 is 0 Å². The van der Waals surface area contributed by atoms with Crippen LogP contribution in [0.3, 0.4) is 0 Å². The van der Waals surface area contributed by atoms with Crippen LogP contribution in [-0.2, 0) is 16.6 Å². The number of rotatable bonds is 3. The highest BCUT2D eigenvalue weighted by atomic mass is 32.2. The van der Waals surface area contributed by atoms with Gasteiger partial charge in [0.05, 0.1) is 16.6 Å². The lowest BCUT2D eigenvalue weighted by Gasteiger charge is -2.12. The third-order valence-electron chi connectivity index (χ3n) is 3.94. The number of fused-ring (bicyclic) bond motifs is 2. The van der Waals surface area contributed by atoms with E-state index in [1.807, 2.05) is 24.3 Å². The smallest absolute Gasteiger partial charge is 0.0580 e. The van der Waals surface area contributed by atoms with Crippen molar-refractivity contribution in [3.8, 4) is 0 Å².